The Hall–Kier alpha value is -2.26. The molecule has 1 aromatic carbocycles. The second-order valence-electron chi connectivity index (χ2n) is 8.74. The highest BCUT2D eigenvalue weighted by atomic mass is 16.7. The van der Waals surface area contributed by atoms with E-state index >= 15 is 0 Å². The number of ether oxygens (including phenoxy) is 4. The number of rotatable bonds is 9. The number of aliphatic hydroxyl groups excluding tert-OH is 7. The van der Waals surface area contributed by atoms with Gasteiger partial charge < -0.3 is 59.8 Å². The Morgan fingerprint density at radius 2 is 1.47 bits per heavy atom. The van der Waals surface area contributed by atoms with Gasteiger partial charge in [0.15, 0.2) is 18.7 Å². The Labute approximate surface area is 218 Å². The van der Waals surface area contributed by atoms with Crippen molar-refractivity contribution in [3.8, 4) is 6.07 Å². The van der Waals surface area contributed by atoms with E-state index in [-0.39, 0.29) is 0 Å². The first kappa shape index (κ1) is 32.0. The zero-order valence-corrected chi connectivity index (χ0v) is 20.6. The number of nitrogens with zero attached hydrogens (tertiary/aromatic N) is 1. The fourth-order valence-electron chi connectivity index (χ4n) is 3.72. The Bertz CT molecular complexity index is 882. The van der Waals surface area contributed by atoms with E-state index in [1.54, 1.807) is 30.3 Å². The molecule has 0 aromatic heterocycles. The number of nitriles is 1. The molecule has 3 rings (SSSR count). The summed E-state index contributed by atoms with van der Waals surface area (Å²) < 4.78 is 21.6. The van der Waals surface area contributed by atoms with Crippen molar-refractivity contribution in [1.82, 2.24) is 0 Å². The third-order valence-corrected chi connectivity index (χ3v) is 5.90. The second kappa shape index (κ2) is 15.4. The van der Waals surface area contributed by atoms with Crippen LogP contribution in [0.3, 0.4) is 0 Å². The van der Waals surface area contributed by atoms with Crippen LogP contribution in [-0.4, -0.2) is 121 Å². The van der Waals surface area contributed by atoms with Crippen LogP contribution in [0, 0.1) is 11.3 Å². The number of benzene rings is 1. The molecule has 214 valence electrons. The number of carboxylic acid groups (broad SMARTS) is 1. The van der Waals surface area contributed by atoms with Crippen molar-refractivity contribution < 1.29 is 64.6 Å². The van der Waals surface area contributed by atoms with Crippen LogP contribution in [0.15, 0.2) is 30.3 Å². The van der Waals surface area contributed by atoms with Crippen molar-refractivity contribution in [3.05, 3.63) is 35.9 Å². The minimum Gasteiger partial charge on any atom is -0.481 e. The van der Waals surface area contributed by atoms with Gasteiger partial charge >= 0.3 is 5.97 Å². The smallest absolute Gasteiger partial charge is 0.303 e. The topological polar surface area (TPSA) is 240 Å². The molecule has 8 N–H and O–H groups in total. The molecule has 2 heterocycles. The molecule has 2 aliphatic heterocycles. The monoisotopic (exact) mass is 545 g/mol. The molecule has 0 radical (unpaired) electrons. The minimum atomic E-state index is -1.70. The number of aliphatic hydroxyl groups is 7. The number of hydrogen-bond donors (Lipinski definition) is 8. The highest BCUT2D eigenvalue weighted by Crippen LogP contribution is 2.29. The summed E-state index contributed by atoms with van der Waals surface area (Å²) in [6.07, 6.45) is -15.5. The number of carboxylic acids is 1. The zero-order valence-electron chi connectivity index (χ0n) is 20.6. The van der Waals surface area contributed by atoms with Gasteiger partial charge in [-0.25, -0.2) is 0 Å². The molecule has 1 aromatic rings. The van der Waals surface area contributed by atoms with E-state index in [4.69, 9.17) is 24.1 Å². The fraction of sp³-hybridized carbons (Fsp3) is 0.667. The molecule has 38 heavy (non-hydrogen) atoms. The zero-order chi connectivity index (χ0) is 28.4. The van der Waals surface area contributed by atoms with Crippen molar-refractivity contribution >= 4 is 5.97 Å². The number of carbonyl (C=O) groups is 1. The molecule has 14 nitrogen and oxygen atoms in total. The summed E-state index contributed by atoms with van der Waals surface area (Å²) in [7, 11) is 0. The third-order valence-electron chi connectivity index (χ3n) is 5.90. The highest BCUT2D eigenvalue weighted by molar-refractivity contribution is 5.66. The molecule has 2 fully saturated rings. The summed E-state index contributed by atoms with van der Waals surface area (Å²) >= 11 is 0. The van der Waals surface area contributed by atoms with Crippen LogP contribution in [0.25, 0.3) is 0 Å². The summed E-state index contributed by atoms with van der Waals surface area (Å²) in [5, 5.41) is 87.0. The fourth-order valence-corrected chi connectivity index (χ4v) is 3.72. The average molecular weight is 546 g/mol. The van der Waals surface area contributed by atoms with Gasteiger partial charge in [-0.05, 0) is 12.0 Å². The van der Waals surface area contributed by atoms with Gasteiger partial charge in [0.05, 0.1) is 19.3 Å². The lowest BCUT2D eigenvalue weighted by atomic mass is 9.98. The Morgan fingerprint density at radius 1 is 0.921 bits per heavy atom. The van der Waals surface area contributed by atoms with Crippen LogP contribution in [0.5, 0.6) is 0 Å². The summed E-state index contributed by atoms with van der Waals surface area (Å²) in [5.74, 6) is -0.711. The van der Waals surface area contributed by atoms with E-state index in [1.165, 1.54) is 0 Å². The first-order valence-electron chi connectivity index (χ1n) is 12.0. The molecule has 0 aliphatic carbocycles. The maximum atomic E-state index is 10.3. The van der Waals surface area contributed by atoms with E-state index in [1.807, 2.05) is 13.0 Å². The maximum Gasteiger partial charge on any atom is 0.303 e. The van der Waals surface area contributed by atoms with Crippen LogP contribution < -0.4 is 0 Å². The molecule has 0 saturated carbocycles. The van der Waals surface area contributed by atoms with E-state index < -0.39 is 86.7 Å². The van der Waals surface area contributed by atoms with Crippen molar-refractivity contribution in [2.45, 2.75) is 87.3 Å². The molecule has 0 spiro atoms. The van der Waals surface area contributed by atoms with Gasteiger partial charge in [0.2, 0.25) is 0 Å². The number of aliphatic carboxylic acids is 1. The van der Waals surface area contributed by atoms with Crippen LogP contribution >= 0.6 is 0 Å². The lowest BCUT2D eigenvalue weighted by molar-refractivity contribution is -0.334. The normalized spacial score (nSPS) is 35.9. The van der Waals surface area contributed by atoms with Crippen LogP contribution in [0.4, 0.5) is 0 Å². The lowest BCUT2D eigenvalue weighted by Crippen LogP contribution is -2.61. The van der Waals surface area contributed by atoms with Crippen molar-refractivity contribution in [3.63, 3.8) is 0 Å². The third kappa shape index (κ3) is 8.37. The first-order chi connectivity index (χ1) is 18.0. The van der Waals surface area contributed by atoms with Crippen LogP contribution in [-0.2, 0) is 23.7 Å². The number of hydrogen-bond acceptors (Lipinski definition) is 13. The van der Waals surface area contributed by atoms with Crippen molar-refractivity contribution in [2.75, 3.05) is 13.2 Å². The van der Waals surface area contributed by atoms with E-state index in [0.29, 0.717) is 12.0 Å². The van der Waals surface area contributed by atoms with E-state index in [0.717, 1.165) is 6.42 Å². The summed E-state index contributed by atoms with van der Waals surface area (Å²) in [5.41, 5.74) is 0.487. The molecule has 0 unspecified atom stereocenters. The molecular formula is C24H35NO13. The summed E-state index contributed by atoms with van der Waals surface area (Å²) in [6, 6.07) is 10.3. The standard InChI is InChI=1S/C20H27NO11.C4H8O2/c21-6-10(9-4-2-1-3-5-9)30-20-18(28)16(26)14(24)12(32-20)8-29-19-17(27)15(25)13(23)11(7-22)31-19;1-2-3-4(5)6/h1-5,10-20,22-28H,7-8H2;2-3H2,1H3,(H,5,6)/t10-,11+,12+,13+,14+,15-,16-,17+,18+,19+,20+;/m0./s1. The van der Waals surface area contributed by atoms with E-state index in [9.17, 15) is 45.8 Å². The highest BCUT2D eigenvalue weighted by Gasteiger charge is 2.48. The molecule has 0 bridgehead atoms. The van der Waals surface area contributed by atoms with Gasteiger partial charge in [-0.3, -0.25) is 4.79 Å². The molecule has 2 aliphatic rings. The lowest BCUT2D eigenvalue weighted by Gasteiger charge is -2.43. The van der Waals surface area contributed by atoms with Gasteiger partial charge in [-0.1, -0.05) is 37.3 Å². The second-order valence-corrected chi connectivity index (χ2v) is 8.74. The predicted molar refractivity (Wildman–Crippen MR) is 125 cm³/mol. The molecular weight excluding hydrogens is 510 g/mol. The van der Waals surface area contributed by atoms with Gasteiger partial charge in [0.1, 0.15) is 48.8 Å². The maximum absolute atomic E-state index is 10.3. The van der Waals surface area contributed by atoms with Gasteiger partial charge in [0.25, 0.3) is 0 Å². The summed E-state index contributed by atoms with van der Waals surface area (Å²) in [6.45, 7) is 0.702. The Kier molecular flexibility index (Phi) is 12.9. The van der Waals surface area contributed by atoms with Crippen LogP contribution in [0.2, 0.25) is 0 Å². The molecule has 11 atom stereocenters. The Morgan fingerprint density at radius 3 is 1.97 bits per heavy atom. The average Bonchev–Trinajstić information content (AvgIpc) is 2.91. The van der Waals surface area contributed by atoms with Crippen molar-refractivity contribution in [1.29, 1.82) is 5.26 Å². The quantitative estimate of drug-likeness (QED) is 0.164. The minimum absolute atomic E-state index is 0.292. The molecule has 14 heteroatoms. The largest absolute Gasteiger partial charge is 0.481 e. The van der Waals surface area contributed by atoms with Crippen molar-refractivity contribution in [2.24, 2.45) is 0 Å². The van der Waals surface area contributed by atoms with Gasteiger partial charge in [-0.2, -0.15) is 5.26 Å². The predicted octanol–water partition coefficient (Wildman–Crippen LogP) is -2.24. The van der Waals surface area contributed by atoms with Crippen LogP contribution in [0.1, 0.15) is 31.4 Å². The molecule has 2 saturated heterocycles. The first-order valence-corrected chi connectivity index (χ1v) is 12.0. The summed E-state index contributed by atoms with van der Waals surface area (Å²) in [4.78, 5) is 9.60. The van der Waals surface area contributed by atoms with Gasteiger partial charge in [0, 0.05) is 6.42 Å². The SMILES string of the molecule is CCCC(=O)O.N#C[C@H](O[C@@H]1O[C@H](CO[C@@H]2O[C@H](CO)[C@@H](O)[C@H](O)[C@H]2O)[C@@H](O)[C@H](O)[C@H]1O)c1ccccc1. The van der Waals surface area contributed by atoms with Gasteiger partial charge in [-0.15, -0.1) is 0 Å². The Balaban J connectivity index is 0.000000757. The molecule has 0 amide bonds. The van der Waals surface area contributed by atoms with E-state index in [2.05, 4.69) is 0 Å².